The Morgan fingerprint density at radius 2 is 2.06 bits per heavy atom. The van der Waals surface area contributed by atoms with Gasteiger partial charge in [0, 0.05) is 34.2 Å². The van der Waals surface area contributed by atoms with Gasteiger partial charge in [-0.2, -0.15) is 0 Å². The van der Waals surface area contributed by atoms with Crippen LogP contribution in [0.5, 0.6) is 0 Å². The smallest absolute Gasteiger partial charge is 0.0372 e. The highest BCUT2D eigenvalue weighted by atomic mass is 32.1. The van der Waals surface area contributed by atoms with Crippen molar-refractivity contribution in [3.05, 3.63) is 51.0 Å². The van der Waals surface area contributed by atoms with Gasteiger partial charge in [0.2, 0.25) is 0 Å². The lowest BCUT2D eigenvalue weighted by Gasteiger charge is -2.13. The zero-order valence-electron chi connectivity index (χ0n) is 11.4. The zero-order valence-corrected chi connectivity index (χ0v) is 12.3. The van der Waals surface area contributed by atoms with Crippen LogP contribution in [-0.2, 0) is 6.54 Å². The standard InChI is InChI=1S/C15H20N2S/c1-10-5-6-14(8-16-10)9-17-12(3)15-7-11(2)18-13(15)4/h5-8,12,17H,9H2,1-4H3. The van der Waals surface area contributed by atoms with Gasteiger partial charge in [-0.1, -0.05) is 6.07 Å². The van der Waals surface area contributed by atoms with E-state index in [0.717, 1.165) is 12.2 Å². The highest BCUT2D eigenvalue weighted by Crippen LogP contribution is 2.26. The maximum atomic E-state index is 4.31. The Morgan fingerprint density at radius 1 is 1.28 bits per heavy atom. The van der Waals surface area contributed by atoms with Gasteiger partial charge in [-0.25, -0.2) is 0 Å². The number of nitrogens with zero attached hydrogens (tertiary/aromatic N) is 1. The molecule has 1 N–H and O–H groups in total. The Balaban J connectivity index is 1.98. The van der Waals surface area contributed by atoms with Crippen LogP contribution in [0.2, 0.25) is 0 Å². The van der Waals surface area contributed by atoms with Gasteiger partial charge >= 0.3 is 0 Å². The fraction of sp³-hybridized carbons (Fsp3) is 0.400. The second-order valence-electron chi connectivity index (χ2n) is 4.78. The van der Waals surface area contributed by atoms with Crippen molar-refractivity contribution in [1.29, 1.82) is 0 Å². The molecule has 0 saturated heterocycles. The van der Waals surface area contributed by atoms with Crippen molar-refractivity contribution in [2.45, 2.75) is 40.3 Å². The van der Waals surface area contributed by atoms with Crippen molar-refractivity contribution < 1.29 is 0 Å². The molecule has 0 aromatic carbocycles. The van der Waals surface area contributed by atoms with Gasteiger partial charge in [-0.3, -0.25) is 4.98 Å². The molecule has 2 aromatic heterocycles. The van der Waals surface area contributed by atoms with Gasteiger partial charge < -0.3 is 5.32 Å². The summed E-state index contributed by atoms with van der Waals surface area (Å²) in [6.45, 7) is 9.45. The van der Waals surface area contributed by atoms with Crippen molar-refractivity contribution >= 4 is 11.3 Å². The summed E-state index contributed by atoms with van der Waals surface area (Å²) in [6.07, 6.45) is 1.95. The van der Waals surface area contributed by atoms with Crippen molar-refractivity contribution in [1.82, 2.24) is 10.3 Å². The first-order valence-electron chi connectivity index (χ1n) is 6.28. The molecule has 2 nitrogen and oxygen atoms in total. The maximum Gasteiger partial charge on any atom is 0.0372 e. The summed E-state index contributed by atoms with van der Waals surface area (Å²) >= 11 is 1.87. The molecule has 1 atom stereocenters. The Morgan fingerprint density at radius 3 is 2.61 bits per heavy atom. The number of hydrogen-bond donors (Lipinski definition) is 1. The highest BCUT2D eigenvalue weighted by Gasteiger charge is 2.10. The van der Waals surface area contributed by atoms with Gasteiger partial charge in [0.15, 0.2) is 0 Å². The van der Waals surface area contributed by atoms with Crippen molar-refractivity contribution in [2.75, 3.05) is 0 Å². The van der Waals surface area contributed by atoms with Crippen LogP contribution < -0.4 is 5.32 Å². The first kappa shape index (κ1) is 13.2. The monoisotopic (exact) mass is 260 g/mol. The predicted molar refractivity (Wildman–Crippen MR) is 78.0 cm³/mol. The molecule has 0 spiro atoms. The van der Waals surface area contributed by atoms with Crippen LogP contribution in [0.25, 0.3) is 0 Å². The predicted octanol–water partition coefficient (Wildman–Crippen LogP) is 3.92. The van der Waals surface area contributed by atoms with Gasteiger partial charge in [0.25, 0.3) is 0 Å². The van der Waals surface area contributed by atoms with E-state index in [1.54, 1.807) is 0 Å². The lowest BCUT2D eigenvalue weighted by Crippen LogP contribution is -2.18. The molecular weight excluding hydrogens is 240 g/mol. The van der Waals surface area contributed by atoms with Gasteiger partial charge in [-0.05, 0) is 51.0 Å². The molecular formula is C15H20N2S. The third-order valence-electron chi connectivity index (χ3n) is 3.13. The Labute approximate surface area is 113 Å². The summed E-state index contributed by atoms with van der Waals surface area (Å²) in [5.41, 5.74) is 3.71. The summed E-state index contributed by atoms with van der Waals surface area (Å²) in [5.74, 6) is 0. The summed E-state index contributed by atoms with van der Waals surface area (Å²) in [7, 11) is 0. The van der Waals surface area contributed by atoms with Crippen LogP contribution in [0.15, 0.2) is 24.4 Å². The summed E-state index contributed by atoms with van der Waals surface area (Å²) in [4.78, 5) is 7.11. The highest BCUT2D eigenvalue weighted by molar-refractivity contribution is 7.12. The molecule has 0 aliphatic heterocycles. The Bertz CT molecular complexity index is 514. The van der Waals surface area contributed by atoms with E-state index in [9.17, 15) is 0 Å². The fourth-order valence-corrected chi connectivity index (χ4v) is 3.09. The lowest BCUT2D eigenvalue weighted by molar-refractivity contribution is 0.573. The fourth-order valence-electron chi connectivity index (χ4n) is 2.06. The number of thiophene rings is 1. The van der Waals surface area contributed by atoms with Gasteiger partial charge in [0.05, 0.1) is 0 Å². The van der Waals surface area contributed by atoms with Crippen molar-refractivity contribution in [2.24, 2.45) is 0 Å². The second kappa shape index (κ2) is 5.63. The average molecular weight is 260 g/mol. The van der Waals surface area contributed by atoms with Gasteiger partial charge in [-0.15, -0.1) is 11.3 Å². The van der Waals surface area contributed by atoms with Crippen LogP contribution >= 0.6 is 11.3 Å². The molecule has 0 radical (unpaired) electrons. The number of nitrogens with one attached hydrogen (secondary N) is 1. The number of rotatable bonds is 4. The van der Waals surface area contributed by atoms with E-state index >= 15 is 0 Å². The summed E-state index contributed by atoms with van der Waals surface area (Å²) < 4.78 is 0. The molecule has 0 bridgehead atoms. The summed E-state index contributed by atoms with van der Waals surface area (Å²) in [5, 5.41) is 3.56. The van der Waals surface area contributed by atoms with Crippen LogP contribution in [0.1, 0.15) is 39.5 Å². The van der Waals surface area contributed by atoms with E-state index in [2.05, 4.69) is 49.3 Å². The quantitative estimate of drug-likeness (QED) is 0.901. The maximum absolute atomic E-state index is 4.31. The molecule has 0 amide bonds. The van der Waals surface area contributed by atoms with Crippen molar-refractivity contribution in [3.63, 3.8) is 0 Å². The minimum Gasteiger partial charge on any atom is -0.306 e. The molecule has 0 fully saturated rings. The van der Waals surface area contributed by atoms with E-state index in [0.29, 0.717) is 6.04 Å². The summed E-state index contributed by atoms with van der Waals surface area (Å²) in [6, 6.07) is 6.86. The van der Waals surface area contributed by atoms with E-state index in [4.69, 9.17) is 0 Å². The number of aryl methyl sites for hydroxylation is 3. The number of pyridine rings is 1. The van der Waals surface area contributed by atoms with Crippen molar-refractivity contribution in [3.8, 4) is 0 Å². The topological polar surface area (TPSA) is 24.9 Å². The normalized spacial score (nSPS) is 12.7. The molecule has 0 aliphatic rings. The molecule has 96 valence electrons. The zero-order chi connectivity index (χ0) is 13.1. The first-order valence-corrected chi connectivity index (χ1v) is 7.10. The average Bonchev–Trinajstić information content (AvgIpc) is 2.67. The van der Waals surface area contributed by atoms with E-state index in [1.165, 1.54) is 20.9 Å². The number of aromatic nitrogens is 1. The molecule has 2 aromatic rings. The third kappa shape index (κ3) is 3.18. The molecule has 3 heteroatoms. The SMILES string of the molecule is Cc1ccc(CNC(C)c2cc(C)sc2C)cn1. The largest absolute Gasteiger partial charge is 0.306 e. The first-order chi connectivity index (χ1) is 8.56. The number of hydrogen-bond acceptors (Lipinski definition) is 3. The molecule has 2 rings (SSSR count). The molecule has 2 heterocycles. The van der Waals surface area contributed by atoms with E-state index in [-0.39, 0.29) is 0 Å². The van der Waals surface area contributed by atoms with Gasteiger partial charge in [0.1, 0.15) is 0 Å². The lowest BCUT2D eigenvalue weighted by atomic mass is 10.1. The third-order valence-corrected chi connectivity index (χ3v) is 4.11. The van der Waals surface area contributed by atoms with Crippen LogP contribution in [0.4, 0.5) is 0 Å². The molecule has 0 saturated carbocycles. The Hall–Kier alpha value is -1.19. The minimum absolute atomic E-state index is 0.385. The molecule has 1 unspecified atom stereocenters. The minimum atomic E-state index is 0.385. The van der Waals surface area contributed by atoms with Crippen LogP contribution in [-0.4, -0.2) is 4.98 Å². The molecule has 18 heavy (non-hydrogen) atoms. The van der Waals surface area contributed by atoms with E-state index in [1.807, 2.05) is 24.5 Å². The van der Waals surface area contributed by atoms with Crippen LogP contribution in [0.3, 0.4) is 0 Å². The molecule has 0 aliphatic carbocycles. The Kier molecular flexibility index (Phi) is 4.15. The van der Waals surface area contributed by atoms with E-state index < -0.39 is 0 Å². The second-order valence-corrected chi connectivity index (χ2v) is 6.24. The van der Waals surface area contributed by atoms with Crippen LogP contribution in [0, 0.1) is 20.8 Å².